The summed E-state index contributed by atoms with van der Waals surface area (Å²) in [4.78, 5) is 8.37. The molecule has 1 heterocycles. The lowest BCUT2D eigenvalue weighted by atomic mass is 9.82. The third-order valence-corrected chi connectivity index (χ3v) is 4.25. The van der Waals surface area contributed by atoms with Crippen LogP contribution in [0.3, 0.4) is 0 Å². The Morgan fingerprint density at radius 1 is 1.33 bits per heavy atom. The van der Waals surface area contributed by atoms with Gasteiger partial charge in [0.15, 0.2) is 0 Å². The summed E-state index contributed by atoms with van der Waals surface area (Å²) in [5.74, 6) is 1.59. The van der Waals surface area contributed by atoms with Gasteiger partial charge >= 0.3 is 0 Å². The van der Waals surface area contributed by atoms with Gasteiger partial charge in [0, 0.05) is 23.0 Å². The molecule has 1 aromatic rings. The molecule has 2 rings (SSSR count). The van der Waals surface area contributed by atoms with E-state index in [-0.39, 0.29) is 11.6 Å². The van der Waals surface area contributed by atoms with Gasteiger partial charge < -0.3 is 0 Å². The van der Waals surface area contributed by atoms with Gasteiger partial charge in [0.1, 0.15) is 11.5 Å². The highest BCUT2D eigenvalue weighted by molar-refractivity contribution is 9.08. The fraction of sp³-hybridized carbons (Fsp3) is 0.692. The lowest BCUT2D eigenvalue weighted by Crippen LogP contribution is -2.15. The third kappa shape index (κ3) is 3.05. The van der Waals surface area contributed by atoms with E-state index in [0.717, 1.165) is 31.6 Å². The molecule has 1 aromatic heterocycles. The molecule has 0 N–H and O–H groups in total. The van der Waals surface area contributed by atoms with Crippen LogP contribution in [0.1, 0.15) is 62.0 Å². The Labute approximate surface area is 114 Å². The van der Waals surface area contributed by atoms with Crippen LogP contribution < -0.4 is 0 Å². The van der Waals surface area contributed by atoms with Crippen LogP contribution >= 0.6 is 15.9 Å². The monoisotopic (exact) mass is 318 g/mol. The highest BCUT2D eigenvalue weighted by Gasteiger charge is 2.24. The molecule has 0 aliphatic heterocycles. The highest BCUT2D eigenvalue weighted by atomic mass is 79.9. The van der Waals surface area contributed by atoms with Crippen molar-refractivity contribution >= 4 is 15.9 Å². The van der Waals surface area contributed by atoms with Gasteiger partial charge in [-0.1, -0.05) is 35.7 Å². The van der Waals surface area contributed by atoms with Gasteiger partial charge in [0.2, 0.25) is 0 Å². The minimum atomic E-state index is -2.53. The average molecular weight is 319 g/mol. The van der Waals surface area contributed by atoms with Crippen molar-refractivity contribution in [2.45, 2.75) is 50.3 Å². The van der Waals surface area contributed by atoms with Crippen LogP contribution in [-0.4, -0.2) is 9.97 Å². The predicted octanol–water partition coefficient (Wildman–Crippen LogP) is 4.60. The summed E-state index contributed by atoms with van der Waals surface area (Å²) in [5.41, 5.74) is 0.369. The zero-order valence-electron chi connectivity index (χ0n) is 10.4. The molecule has 1 aliphatic rings. The Balaban J connectivity index is 2.21. The first-order chi connectivity index (χ1) is 8.61. The normalized spacial score (nSPS) is 24.5. The summed E-state index contributed by atoms with van der Waals surface area (Å²) in [7, 11) is 0. The van der Waals surface area contributed by atoms with E-state index in [2.05, 4.69) is 32.8 Å². The summed E-state index contributed by atoms with van der Waals surface area (Å²) in [5, 5.41) is 0.370. The Kier molecular flexibility index (Phi) is 4.65. The van der Waals surface area contributed by atoms with Crippen LogP contribution in [0, 0.1) is 5.92 Å². The van der Waals surface area contributed by atoms with Crippen molar-refractivity contribution in [1.29, 1.82) is 0 Å². The van der Waals surface area contributed by atoms with E-state index in [4.69, 9.17) is 0 Å². The molecule has 100 valence electrons. The number of aromatic nitrogens is 2. The standard InChI is InChI=1S/C13H17BrF2N2/c1-8-2-4-9(5-3-8)13-17-7-10(6-14)11(18-13)12(15)16/h7-9,12H,2-6H2,1H3. The van der Waals surface area contributed by atoms with Gasteiger partial charge in [0.25, 0.3) is 6.43 Å². The molecule has 0 unspecified atom stereocenters. The molecule has 1 fully saturated rings. The lowest BCUT2D eigenvalue weighted by Gasteiger charge is -2.25. The summed E-state index contributed by atoms with van der Waals surface area (Å²) >= 11 is 3.19. The van der Waals surface area contributed by atoms with E-state index in [1.165, 1.54) is 6.20 Å². The summed E-state index contributed by atoms with van der Waals surface area (Å²) in [6.45, 7) is 2.23. The molecule has 1 aliphatic carbocycles. The molecule has 0 atom stereocenters. The van der Waals surface area contributed by atoms with Gasteiger partial charge in [0.05, 0.1) is 0 Å². The van der Waals surface area contributed by atoms with Crippen LogP contribution in [0.25, 0.3) is 0 Å². The van der Waals surface area contributed by atoms with E-state index in [9.17, 15) is 8.78 Å². The van der Waals surface area contributed by atoms with Crippen LogP contribution in [0.15, 0.2) is 6.20 Å². The van der Waals surface area contributed by atoms with Crippen LogP contribution in [0.4, 0.5) is 8.78 Å². The van der Waals surface area contributed by atoms with Crippen LogP contribution in [-0.2, 0) is 5.33 Å². The zero-order valence-corrected chi connectivity index (χ0v) is 12.0. The minimum absolute atomic E-state index is 0.115. The van der Waals surface area contributed by atoms with Gasteiger partial charge in [-0.05, 0) is 18.8 Å². The second-order valence-electron chi connectivity index (χ2n) is 5.03. The number of alkyl halides is 3. The molecule has 5 heteroatoms. The summed E-state index contributed by atoms with van der Waals surface area (Å²) < 4.78 is 25.8. The smallest absolute Gasteiger partial charge is 0.241 e. The minimum Gasteiger partial charge on any atom is -0.241 e. The molecular formula is C13H17BrF2N2. The first kappa shape index (κ1) is 13.8. The van der Waals surface area contributed by atoms with E-state index in [1.807, 2.05) is 0 Å². The van der Waals surface area contributed by atoms with Crippen molar-refractivity contribution in [3.63, 3.8) is 0 Å². The van der Waals surface area contributed by atoms with Gasteiger partial charge in [-0.15, -0.1) is 0 Å². The van der Waals surface area contributed by atoms with Crippen molar-refractivity contribution in [3.8, 4) is 0 Å². The lowest BCUT2D eigenvalue weighted by molar-refractivity contribution is 0.144. The van der Waals surface area contributed by atoms with Crippen molar-refractivity contribution in [2.75, 3.05) is 0 Å². The number of halogens is 3. The number of nitrogens with zero attached hydrogens (tertiary/aromatic N) is 2. The molecule has 0 radical (unpaired) electrons. The summed E-state index contributed by atoms with van der Waals surface area (Å²) in [6.07, 6.45) is 3.31. The fourth-order valence-corrected chi connectivity index (χ4v) is 2.87. The van der Waals surface area contributed by atoms with E-state index < -0.39 is 6.43 Å². The second kappa shape index (κ2) is 6.04. The van der Waals surface area contributed by atoms with Crippen molar-refractivity contribution in [1.82, 2.24) is 9.97 Å². The largest absolute Gasteiger partial charge is 0.280 e. The molecule has 0 spiro atoms. The number of hydrogen-bond acceptors (Lipinski definition) is 2. The van der Waals surface area contributed by atoms with Crippen molar-refractivity contribution < 1.29 is 8.78 Å². The molecule has 0 saturated heterocycles. The SMILES string of the molecule is CC1CCC(c2ncc(CBr)c(C(F)F)n2)CC1. The van der Waals surface area contributed by atoms with Gasteiger partial charge in [-0.25, -0.2) is 18.7 Å². The fourth-order valence-electron chi connectivity index (χ4n) is 2.44. The van der Waals surface area contributed by atoms with Crippen molar-refractivity contribution in [3.05, 3.63) is 23.3 Å². The highest BCUT2D eigenvalue weighted by Crippen LogP contribution is 2.34. The molecule has 0 amide bonds. The van der Waals surface area contributed by atoms with E-state index >= 15 is 0 Å². The van der Waals surface area contributed by atoms with Crippen LogP contribution in [0.2, 0.25) is 0 Å². The van der Waals surface area contributed by atoms with Crippen LogP contribution in [0.5, 0.6) is 0 Å². The zero-order chi connectivity index (χ0) is 13.1. The first-order valence-corrected chi connectivity index (χ1v) is 7.43. The Bertz CT molecular complexity index is 404. The number of hydrogen-bond donors (Lipinski definition) is 0. The maximum Gasteiger partial charge on any atom is 0.280 e. The third-order valence-electron chi connectivity index (χ3n) is 3.65. The second-order valence-corrected chi connectivity index (χ2v) is 5.59. The van der Waals surface area contributed by atoms with E-state index in [1.54, 1.807) is 0 Å². The number of rotatable bonds is 3. The maximum atomic E-state index is 12.9. The van der Waals surface area contributed by atoms with Gasteiger partial charge in [-0.3, -0.25) is 0 Å². The molecule has 0 aromatic carbocycles. The van der Waals surface area contributed by atoms with E-state index in [0.29, 0.717) is 16.7 Å². The average Bonchev–Trinajstić information content (AvgIpc) is 2.39. The Morgan fingerprint density at radius 3 is 2.56 bits per heavy atom. The summed E-state index contributed by atoms with van der Waals surface area (Å²) in [6, 6.07) is 0. The Hall–Kier alpha value is -0.580. The first-order valence-electron chi connectivity index (χ1n) is 6.31. The maximum absolute atomic E-state index is 12.9. The predicted molar refractivity (Wildman–Crippen MR) is 70.0 cm³/mol. The van der Waals surface area contributed by atoms with Gasteiger partial charge in [-0.2, -0.15) is 0 Å². The molecular weight excluding hydrogens is 302 g/mol. The molecule has 2 nitrogen and oxygen atoms in total. The topological polar surface area (TPSA) is 25.8 Å². The quantitative estimate of drug-likeness (QED) is 0.761. The molecule has 18 heavy (non-hydrogen) atoms. The van der Waals surface area contributed by atoms with Crippen molar-refractivity contribution in [2.24, 2.45) is 5.92 Å². The Morgan fingerprint density at radius 2 is 2.00 bits per heavy atom. The molecule has 1 saturated carbocycles. The molecule has 0 bridgehead atoms.